The summed E-state index contributed by atoms with van der Waals surface area (Å²) in [4.78, 5) is 15.5. The first-order valence-corrected chi connectivity index (χ1v) is 7.42. The van der Waals surface area contributed by atoms with Gasteiger partial charge in [-0.25, -0.2) is 15.0 Å². The Balaban J connectivity index is 1.77. The van der Waals surface area contributed by atoms with E-state index in [4.69, 9.17) is 5.73 Å². The van der Waals surface area contributed by atoms with Gasteiger partial charge in [-0.3, -0.25) is 0 Å². The standard InChI is InChI=1S/C13H17N5S/c14-9-10-2-6-18(7-3-10)13-16-4-1-11(17-13)12-15-5-8-19-12/h1,4-5,8,10H,2-3,6-7,9,14H2. The molecule has 3 heterocycles. The van der Waals surface area contributed by atoms with Crippen LogP contribution in [0.2, 0.25) is 0 Å². The van der Waals surface area contributed by atoms with E-state index in [0.717, 1.165) is 49.1 Å². The van der Waals surface area contributed by atoms with Crippen molar-refractivity contribution in [2.24, 2.45) is 11.7 Å². The molecule has 5 nitrogen and oxygen atoms in total. The smallest absolute Gasteiger partial charge is 0.225 e. The van der Waals surface area contributed by atoms with Gasteiger partial charge in [0.05, 0.1) is 0 Å². The van der Waals surface area contributed by atoms with Gasteiger partial charge in [0, 0.05) is 30.9 Å². The summed E-state index contributed by atoms with van der Waals surface area (Å²) in [6.07, 6.45) is 5.87. The van der Waals surface area contributed by atoms with Crippen LogP contribution in [0.4, 0.5) is 5.95 Å². The van der Waals surface area contributed by atoms with Crippen molar-refractivity contribution in [1.29, 1.82) is 0 Å². The maximum atomic E-state index is 5.72. The van der Waals surface area contributed by atoms with Gasteiger partial charge in [-0.05, 0) is 31.4 Å². The Morgan fingerprint density at radius 2 is 2.11 bits per heavy atom. The summed E-state index contributed by atoms with van der Waals surface area (Å²) in [6.45, 7) is 2.76. The average Bonchev–Trinajstić information content (AvgIpc) is 3.02. The lowest BCUT2D eigenvalue weighted by Gasteiger charge is -2.31. The lowest BCUT2D eigenvalue weighted by molar-refractivity contribution is 0.411. The molecule has 19 heavy (non-hydrogen) atoms. The molecule has 2 N–H and O–H groups in total. The van der Waals surface area contributed by atoms with Crippen LogP contribution in [-0.4, -0.2) is 34.6 Å². The number of thiazole rings is 1. The molecule has 1 aliphatic heterocycles. The molecule has 0 atom stereocenters. The van der Waals surface area contributed by atoms with Gasteiger partial charge < -0.3 is 10.6 Å². The van der Waals surface area contributed by atoms with E-state index >= 15 is 0 Å². The molecule has 3 rings (SSSR count). The van der Waals surface area contributed by atoms with Crippen LogP contribution < -0.4 is 10.6 Å². The zero-order valence-corrected chi connectivity index (χ0v) is 11.5. The van der Waals surface area contributed by atoms with Crippen LogP contribution in [-0.2, 0) is 0 Å². The van der Waals surface area contributed by atoms with Crippen molar-refractivity contribution in [2.75, 3.05) is 24.5 Å². The summed E-state index contributed by atoms with van der Waals surface area (Å²) in [7, 11) is 0. The molecule has 0 spiro atoms. The SMILES string of the molecule is NCC1CCN(c2nccc(-c3nccs3)n2)CC1. The highest BCUT2D eigenvalue weighted by Gasteiger charge is 2.20. The van der Waals surface area contributed by atoms with E-state index in [1.807, 2.05) is 17.6 Å². The third-order valence-electron chi connectivity index (χ3n) is 3.53. The molecular weight excluding hydrogens is 258 g/mol. The highest BCUT2D eigenvalue weighted by molar-refractivity contribution is 7.13. The van der Waals surface area contributed by atoms with Crippen LogP contribution in [0, 0.1) is 5.92 Å². The van der Waals surface area contributed by atoms with Crippen molar-refractivity contribution in [3.05, 3.63) is 23.8 Å². The zero-order valence-electron chi connectivity index (χ0n) is 10.7. The van der Waals surface area contributed by atoms with E-state index in [2.05, 4.69) is 19.9 Å². The minimum absolute atomic E-state index is 0.651. The molecular formula is C13H17N5S. The molecule has 1 aliphatic rings. The van der Waals surface area contributed by atoms with Crippen LogP contribution >= 0.6 is 11.3 Å². The van der Waals surface area contributed by atoms with Crippen LogP contribution in [0.25, 0.3) is 10.7 Å². The molecule has 0 aliphatic carbocycles. The Kier molecular flexibility index (Phi) is 3.70. The monoisotopic (exact) mass is 275 g/mol. The lowest BCUT2D eigenvalue weighted by atomic mass is 9.97. The number of piperidine rings is 1. The van der Waals surface area contributed by atoms with E-state index in [1.165, 1.54) is 0 Å². The molecule has 0 amide bonds. The normalized spacial score (nSPS) is 16.8. The lowest BCUT2D eigenvalue weighted by Crippen LogP contribution is -2.37. The maximum absolute atomic E-state index is 5.72. The maximum Gasteiger partial charge on any atom is 0.225 e. The van der Waals surface area contributed by atoms with E-state index in [1.54, 1.807) is 17.5 Å². The quantitative estimate of drug-likeness (QED) is 0.924. The number of nitrogens with two attached hydrogens (primary N) is 1. The van der Waals surface area contributed by atoms with Gasteiger partial charge in [0.25, 0.3) is 0 Å². The van der Waals surface area contributed by atoms with Gasteiger partial charge in [0.15, 0.2) is 0 Å². The summed E-state index contributed by atoms with van der Waals surface area (Å²) < 4.78 is 0. The molecule has 0 unspecified atom stereocenters. The Morgan fingerprint density at radius 1 is 1.26 bits per heavy atom. The average molecular weight is 275 g/mol. The fraction of sp³-hybridized carbons (Fsp3) is 0.462. The van der Waals surface area contributed by atoms with Crippen LogP contribution in [0.5, 0.6) is 0 Å². The molecule has 2 aromatic heterocycles. The van der Waals surface area contributed by atoms with E-state index < -0.39 is 0 Å². The molecule has 100 valence electrons. The number of hydrogen-bond acceptors (Lipinski definition) is 6. The second-order valence-corrected chi connectivity index (χ2v) is 5.64. The molecule has 1 fully saturated rings. The van der Waals surface area contributed by atoms with Gasteiger partial charge >= 0.3 is 0 Å². The Labute approximate surface area is 116 Å². The second kappa shape index (κ2) is 5.63. The summed E-state index contributed by atoms with van der Waals surface area (Å²) in [5, 5.41) is 2.91. The molecule has 0 aromatic carbocycles. The Bertz CT molecular complexity index is 520. The number of aromatic nitrogens is 3. The summed E-state index contributed by atoms with van der Waals surface area (Å²) in [5.74, 6) is 1.46. The van der Waals surface area contributed by atoms with Gasteiger partial charge in [0.2, 0.25) is 5.95 Å². The summed E-state index contributed by atoms with van der Waals surface area (Å²) >= 11 is 1.60. The van der Waals surface area contributed by atoms with Gasteiger partial charge in [-0.15, -0.1) is 11.3 Å². The first kappa shape index (κ1) is 12.5. The van der Waals surface area contributed by atoms with Gasteiger partial charge in [0.1, 0.15) is 10.7 Å². The predicted molar refractivity (Wildman–Crippen MR) is 77.1 cm³/mol. The number of rotatable bonds is 3. The largest absolute Gasteiger partial charge is 0.341 e. The molecule has 2 aromatic rings. The topological polar surface area (TPSA) is 67.9 Å². The fourth-order valence-corrected chi connectivity index (χ4v) is 2.95. The van der Waals surface area contributed by atoms with E-state index in [9.17, 15) is 0 Å². The van der Waals surface area contributed by atoms with Crippen LogP contribution in [0.3, 0.4) is 0 Å². The van der Waals surface area contributed by atoms with Crippen LogP contribution in [0.15, 0.2) is 23.8 Å². The Morgan fingerprint density at radius 3 is 2.79 bits per heavy atom. The molecule has 0 saturated carbocycles. The summed E-state index contributed by atoms with van der Waals surface area (Å²) in [6, 6.07) is 1.91. The zero-order chi connectivity index (χ0) is 13.1. The Hall–Kier alpha value is -1.53. The predicted octanol–water partition coefficient (Wildman–Crippen LogP) is 1.78. The minimum atomic E-state index is 0.651. The van der Waals surface area contributed by atoms with Crippen molar-refractivity contribution in [3.63, 3.8) is 0 Å². The molecule has 6 heteroatoms. The number of nitrogens with zero attached hydrogens (tertiary/aromatic N) is 4. The highest BCUT2D eigenvalue weighted by Crippen LogP contribution is 2.23. The van der Waals surface area contributed by atoms with Crippen molar-refractivity contribution < 1.29 is 0 Å². The third kappa shape index (κ3) is 2.74. The highest BCUT2D eigenvalue weighted by atomic mass is 32.1. The van der Waals surface area contributed by atoms with Gasteiger partial charge in [-0.2, -0.15) is 0 Å². The van der Waals surface area contributed by atoms with Crippen molar-refractivity contribution >= 4 is 17.3 Å². The minimum Gasteiger partial charge on any atom is -0.341 e. The molecule has 0 radical (unpaired) electrons. The van der Waals surface area contributed by atoms with E-state index in [0.29, 0.717) is 5.92 Å². The molecule has 1 saturated heterocycles. The third-order valence-corrected chi connectivity index (χ3v) is 4.32. The fourth-order valence-electron chi connectivity index (χ4n) is 2.34. The first-order chi connectivity index (χ1) is 9.36. The van der Waals surface area contributed by atoms with Crippen molar-refractivity contribution in [2.45, 2.75) is 12.8 Å². The number of anilines is 1. The van der Waals surface area contributed by atoms with Crippen LogP contribution in [0.1, 0.15) is 12.8 Å². The van der Waals surface area contributed by atoms with Gasteiger partial charge in [-0.1, -0.05) is 0 Å². The summed E-state index contributed by atoms with van der Waals surface area (Å²) in [5.41, 5.74) is 6.62. The van der Waals surface area contributed by atoms with E-state index in [-0.39, 0.29) is 0 Å². The van der Waals surface area contributed by atoms with Crippen molar-refractivity contribution in [1.82, 2.24) is 15.0 Å². The first-order valence-electron chi connectivity index (χ1n) is 6.55. The number of hydrogen-bond donors (Lipinski definition) is 1. The van der Waals surface area contributed by atoms with Crippen molar-refractivity contribution in [3.8, 4) is 10.7 Å². The molecule has 0 bridgehead atoms. The second-order valence-electron chi connectivity index (χ2n) is 4.75.